The summed E-state index contributed by atoms with van der Waals surface area (Å²) in [5.74, 6) is 2.78. The molecule has 0 radical (unpaired) electrons. The second-order valence-corrected chi connectivity index (χ2v) is 9.18. The lowest BCUT2D eigenvalue weighted by atomic mass is 10.1. The van der Waals surface area contributed by atoms with Crippen LogP contribution in [-0.2, 0) is 18.8 Å². The number of carbonyl (C=O) groups is 1. The number of hydrogen-bond acceptors (Lipinski definition) is 6. The van der Waals surface area contributed by atoms with Crippen LogP contribution in [0.4, 0.5) is 0 Å². The van der Waals surface area contributed by atoms with Gasteiger partial charge in [-0.2, -0.15) is 0 Å². The Balaban J connectivity index is 1.27. The van der Waals surface area contributed by atoms with E-state index in [0.717, 1.165) is 40.0 Å². The van der Waals surface area contributed by atoms with E-state index in [2.05, 4.69) is 58.2 Å². The molecule has 0 atom stereocenters. The lowest BCUT2D eigenvalue weighted by Crippen LogP contribution is -2.23. The zero-order chi connectivity index (χ0) is 24.2. The Hall–Kier alpha value is -3.78. The Bertz CT molecular complexity index is 1350. The van der Waals surface area contributed by atoms with E-state index in [-0.39, 0.29) is 12.7 Å². The number of carbonyl (C=O) groups excluding carboxylic acids is 1. The fraction of sp³-hybridized carbons (Fsp3) is 0.222. The summed E-state index contributed by atoms with van der Waals surface area (Å²) in [7, 11) is 0. The lowest BCUT2D eigenvalue weighted by molar-refractivity contribution is 0.0950. The van der Waals surface area contributed by atoms with Gasteiger partial charge in [-0.25, -0.2) is 0 Å². The molecule has 8 heteroatoms. The molecule has 0 fully saturated rings. The number of aryl methyl sites for hydroxylation is 1. The maximum absolute atomic E-state index is 13.0. The Kier molecular flexibility index (Phi) is 6.72. The summed E-state index contributed by atoms with van der Waals surface area (Å²) in [6, 6.07) is 21.7. The number of hydrogen-bond donors (Lipinski definition) is 1. The average Bonchev–Trinajstić information content (AvgIpc) is 3.53. The van der Waals surface area contributed by atoms with Crippen LogP contribution < -0.4 is 14.8 Å². The van der Waals surface area contributed by atoms with Crippen molar-refractivity contribution in [1.29, 1.82) is 0 Å². The van der Waals surface area contributed by atoms with Gasteiger partial charge in [0.2, 0.25) is 6.79 Å². The molecule has 1 aliphatic rings. The molecule has 3 aromatic carbocycles. The number of benzene rings is 3. The molecule has 1 N–H and O–H groups in total. The van der Waals surface area contributed by atoms with E-state index in [0.29, 0.717) is 23.6 Å². The van der Waals surface area contributed by atoms with Crippen LogP contribution in [0.2, 0.25) is 0 Å². The maximum Gasteiger partial charge on any atom is 0.251 e. The highest BCUT2D eigenvalue weighted by Crippen LogP contribution is 2.32. The summed E-state index contributed by atoms with van der Waals surface area (Å²) in [6.45, 7) is 5.55. The van der Waals surface area contributed by atoms with Crippen molar-refractivity contribution in [2.75, 3.05) is 6.79 Å². The first-order valence-electron chi connectivity index (χ1n) is 11.5. The van der Waals surface area contributed by atoms with Crippen molar-refractivity contribution in [3.05, 3.63) is 89.0 Å². The highest BCUT2D eigenvalue weighted by atomic mass is 32.2. The van der Waals surface area contributed by atoms with Crippen molar-refractivity contribution in [3.8, 4) is 22.9 Å². The third-order valence-electron chi connectivity index (χ3n) is 5.85. The first-order chi connectivity index (χ1) is 17.1. The SMILES string of the molecule is CCn1c(SCc2ccccc2C(=O)NCc2ccc3c(c2)OCO3)nnc1-c1ccc(C)cc1. The molecule has 0 saturated carbocycles. The monoisotopic (exact) mass is 486 g/mol. The number of ether oxygens (including phenoxy) is 2. The molecule has 0 aliphatic carbocycles. The van der Waals surface area contributed by atoms with Crippen LogP contribution in [0.3, 0.4) is 0 Å². The summed E-state index contributed by atoms with van der Waals surface area (Å²) in [5.41, 5.74) is 4.80. The van der Waals surface area contributed by atoms with E-state index in [1.165, 1.54) is 5.56 Å². The van der Waals surface area contributed by atoms with Gasteiger partial charge in [0.15, 0.2) is 22.5 Å². The molecule has 1 amide bonds. The van der Waals surface area contributed by atoms with E-state index in [4.69, 9.17) is 9.47 Å². The zero-order valence-electron chi connectivity index (χ0n) is 19.7. The number of nitrogens with one attached hydrogen (secondary N) is 1. The molecular formula is C27H26N4O3S. The van der Waals surface area contributed by atoms with Gasteiger partial charge in [-0.1, -0.05) is 65.9 Å². The van der Waals surface area contributed by atoms with Gasteiger partial charge in [0.25, 0.3) is 5.91 Å². The average molecular weight is 487 g/mol. The van der Waals surface area contributed by atoms with Crippen molar-refractivity contribution in [2.24, 2.45) is 0 Å². The lowest BCUT2D eigenvalue weighted by Gasteiger charge is -2.11. The topological polar surface area (TPSA) is 78.3 Å². The molecule has 0 unspecified atom stereocenters. The third kappa shape index (κ3) is 5.02. The van der Waals surface area contributed by atoms with Crippen molar-refractivity contribution in [1.82, 2.24) is 20.1 Å². The Morgan fingerprint density at radius 2 is 1.83 bits per heavy atom. The molecule has 0 saturated heterocycles. The minimum Gasteiger partial charge on any atom is -0.454 e. The molecule has 178 valence electrons. The predicted molar refractivity (Wildman–Crippen MR) is 136 cm³/mol. The Labute approximate surface area is 208 Å². The third-order valence-corrected chi connectivity index (χ3v) is 6.87. The molecule has 5 rings (SSSR count). The van der Waals surface area contributed by atoms with Crippen LogP contribution in [0.1, 0.15) is 34.0 Å². The number of fused-ring (bicyclic) bond motifs is 1. The summed E-state index contributed by atoms with van der Waals surface area (Å²) in [4.78, 5) is 13.0. The fourth-order valence-electron chi connectivity index (χ4n) is 3.94. The highest BCUT2D eigenvalue weighted by Gasteiger charge is 2.17. The molecule has 0 bridgehead atoms. The van der Waals surface area contributed by atoms with Gasteiger partial charge in [0, 0.05) is 30.0 Å². The largest absolute Gasteiger partial charge is 0.454 e. The first-order valence-corrected chi connectivity index (χ1v) is 12.5. The van der Waals surface area contributed by atoms with E-state index < -0.39 is 0 Å². The van der Waals surface area contributed by atoms with Gasteiger partial charge in [-0.3, -0.25) is 4.79 Å². The van der Waals surface area contributed by atoms with Crippen LogP contribution in [0.5, 0.6) is 11.5 Å². The van der Waals surface area contributed by atoms with Crippen molar-refractivity contribution >= 4 is 17.7 Å². The zero-order valence-corrected chi connectivity index (χ0v) is 20.5. The number of thioether (sulfide) groups is 1. The minimum atomic E-state index is -0.115. The number of nitrogens with zero attached hydrogens (tertiary/aromatic N) is 3. The standard InChI is InChI=1S/C27H26N4O3S/c1-3-31-25(20-11-8-18(2)9-12-20)29-30-27(31)35-16-21-6-4-5-7-22(21)26(32)28-15-19-10-13-23-24(14-19)34-17-33-23/h4-14H,3,15-17H2,1-2H3,(H,28,32). The van der Waals surface area contributed by atoms with Gasteiger partial charge in [-0.05, 0) is 43.2 Å². The van der Waals surface area contributed by atoms with Gasteiger partial charge in [0.1, 0.15) is 0 Å². The fourth-order valence-corrected chi connectivity index (χ4v) is 4.94. The summed E-state index contributed by atoms with van der Waals surface area (Å²) in [6.07, 6.45) is 0. The van der Waals surface area contributed by atoms with E-state index >= 15 is 0 Å². The van der Waals surface area contributed by atoms with Gasteiger partial charge in [0.05, 0.1) is 0 Å². The van der Waals surface area contributed by atoms with Crippen LogP contribution >= 0.6 is 11.8 Å². The number of aromatic nitrogens is 3. The van der Waals surface area contributed by atoms with E-state index in [1.54, 1.807) is 11.8 Å². The second-order valence-electron chi connectivity index (χ2n) is 8.23. The van der Waals surface area contributed by atoms with Crippen molar-refractivity contribution < 1.29 is 14.3 Å². The number of rotatable bonds is 8. The molecular weight excluding hydrogens is 460 g/mol. The smallest absolute Gasteiger partial charge is 0.251 e. The molecule has 35 heavy (non-hydrogen) atoms. The van der Waals surface area contributed by atoms with E-state index in [9.17, 15) is 4.79 Å². The maximum atomic E-state index is 13.0. The van der Waals surface area contributed by atoms with Crippen LogP contribution in [0, 0.1) is 6.92 Å². The highest BCUT2D eigenvalue weighted by molar-refractivity contribution is 7.98. The first kappa shape index (κ1) is 23.0. The summed E-state index contributed by atoms with van der Waals surface area (Å²) >= 11 is 1.58. The van der Waals surface area contributed by atoms with Crippen molar-refractivity contribution in [2.45, 2.75) is 37.8 Å². The van der Waals surface area contributed by atoms with Crippen LogP contribution in [-0.4, -0.2) is 27.5 Å². The van der Waals surface area contributed by atoms with E-state index in [1.807, 2.05) is 42.5 Å². The molecule has 2 heterocycles. The molecule has 0 spiro atoms. The quantitative estimate of drug-likeness (QED) is 0.344. The summed E-state index contributed by atoms with van der Waals surface area (Å²) in [5, 5.41) is 12.7. The Morgan fingerprint density at radius 3 is 2.66 bits per heavy atom. The minimum absolute atomic E-state index is 0.115. The molecule has 1 aromatic heterocycles. The molecule has 4 aromatic rings. The molecule has 7 nitrogen and oxygen atoms in total. The van der Waals surface area contributed by atoms with Gasteiger partial charge < -0.3 is 19.4 Å². The Morgan fingerprint density at radius 1 is 1.03 bits per heavy atom. The second kappa shape index (κ2) is 10.2. The predicted octanol–water partition coefficient (Wildman–Crippen LogP) is 5.22. The number of amides is 1. The molecule has 1 aliphatic heterocycles. The van der Waals surface area contributed by atoms with Crippen molar-refractivity contribution in [3.63, 3.8) is 0 Å². The summed E-state index contributed by atoms with van der Waals surface area (Å²) < 4.78 is 12.9. The van der Waals surface area contributed by atoms with Crippen LogP contribution in [0.25, 0.3) is 11.4 Å². The van der Waals surface area contributed by atoms with Crippen LogP contribution in [0.15, 0.2) is 71.9 Å². The van der Waals surface area contributed by atoms with Gasteiger partial charge >= 0.3 is 0 Å². The normalized spacial score (nSPS) is 12.1. The van der Waals surface area contributed by atoms with Gasteiger partial charge in [-0.15, -0.1) is 10.2 Å².